The fourth-order valence-corrected chi connectivity index (χ4v) is 3.87. The molecule has 0 amide bonds. The Morgan fingerprint density at radius 3 is 2.66 bits per heavy atom. The van der Waals surface area contributed by atoms with Crippen molar-refractivity contribution in [2.75, 3.05) is 31.9 Å². The molecule has 156 valence electrons. The zero-order chi connectivity index (χ0) is 21.0. The van der Waals surface area contributed by atoms with Crippen molar-refractivity contribution >= 4 is 23.7 Å². The quantitative estimate of drug-likeness (QED) is 0.513. The number of fused-ring (bicyclic) bond motifs is 1. The second kappa shape index (κ2) is 9.21. The van der Waals surface area contributed by atoms with Crippen molar-refractivity contribution in [3.8, 4) is 11.5 Å². The number of carbonyl (C=O) groups is 1. The number of esters is 1. The third-order valence-corrected chi connectivity index (χ3v) is 5.53. The van der Waals surface area contributed by atoms with Crippen molar-refractivity contribution < 1.29 is 19.0 Å². The van der Waals surface area contributed by atoms with Gasteiger partial charge in [-0.05, 0) is 38.0 Å². The molecule has 9 heteroatoms. The topological polar surface area (TPSA) is 87.5 Å². The van der Waals surface area contributed by atoms with E-state index in [1.165, 1.54) is 0 Å². The Kier molecular flexibility index (Phi) is 6.68. The first kappa shape index (κ1) is 21.0. The first-order valence-corrected chi connectivity index (χ1v) is 10.5. The minimum atomic E-state index is -0.492. The van der Waals surface area contributed by atoms with Gasteiger partial charge in [-0.1, -0.05) is 24.8 Å². The lowest BCUT2D eigenvalue weighted by molar-refractivity contribution is -0.139. The first-order chi connectivity index (χ1) is 14.0. The van der Waals surface area contributed by atoms with E-state index in [0.29, 0.717) is 33.9 Å². The Morgan fingerprint density at radius 2 is 2.00 bits per heavy atom. The summed E-state index contributed by atoms with van der Waals surface area (Å²) in [4.78, 5) is 17.4. The van der Waals surface area contributed by atoms with Crippen LogP contribution in [0.5, 0.6) is 11.5 Å². The predicted molar refractivity (Wildman–Crippen MR) is 112 cm³/mol. The molecule has 0 aliphatic carbocycles. The fraction of sp³-hybridized carbons (Fsp3) is 0.450. The lowest BCUT2D eigenvalue weighted by Gasteiger charge is -2.28. The van der Waals surface area contributed by atoms with Gasteiger partial charge in [0.25, 0.3) is 0 Å². The number of hydrogen-bond acceptors (Lipinski definition) is 8. The summed E-state index contributed by atoms with van der Waals surface area (Å²) in [6, 6.07) is 5.07. The highest BCUT2D eigenvalue weighted by molar-refractivity contribution is 7.99. The van der Waals surface area contributed by atoms with Gasteiger partial charge in [-0.15, -0.1) is 5.10 Å². The maximum Gasteiger partial charge on any atom is 0.338 e. The van der Waals surface area contributed by atoms with Crippen molar-refractivity contribution in [1.82, 2.24) is 14.8 Å². The first-order valence-electron chi connectivity index (χ1n) is 9.50. The molecule has 0 saturated heterocycles. The molecule has 1 aromatic heterocycles. The molecule has 1 atom stereocenters. The van der Waals surface area contributed by atoms with E-state index in [1.807, 2.05) is 25.1 Å². The molecule has 3 rings (SSSR count). The molecule has 0 fully saturated rings. The highest BCUT2D eigenvalue weighted by Gasteiger charge is 2.35. The van der Waals surface area contributed by atoms with Crippen LogP contribution in [0, 0.1) is 0 Å². The molecule has 0 radical (unpaired) electrons. The Balaban J connectivity index is 2.13. The monoisotopic (exact) mass is 418 g/mol. The number of benzene rings is 1. The van der Waals surface area contributed by atoms with Gasteiger partial charge < -0.3 is 19.5 Å². The molecule has 2 heterocycles. The van der Waals surface area contributed by atoms with Gasteiger partial charge in [-0.25, -0.2) is 9.48 Å². The smallest absolute Gasteiger partial charge is 0.338 e. The van der Waals surface area contributed by atoms with Crippen LogP contribution < -0.4 is 14.8 Å². The zero-order valence-electron chi connectivity index (χ0n) is 17.3. The van der Waals surface area contributed by atoms with E-state index in [1.54, 1.807) is 37.6 Å². The van der Waals surface area contributed by atoms with Crippen molar-refractivity contribution in [2.45, 2.75) is 38.4 Å². The largest absolute Gasteiger partial charge is 0.493 e. The van der Waals surface area contributed by atoms with Crippen LogP contribution in [0.2, 0.25) is 0 Å². The number of methoxy groups -OCH3 is 2. The highest BCUT2D eigenvalue weighted by atomic mass is 32.2. The summed E-state index contributed by atoms with van der Waals surface area (Å²) in [6.07, 6.45) is 1.02. The zero-order valence-corrected chi connectivity index (χ0v) is 18.1. The van der Waals surface area contributed by atoms with E-state index in [9.17, 15) is 4.79 Å². The maximum absolute atomic E-state index is 12.8. The van der Waals surface area contributed by atoms with Crippen LogP contribution in [-0.2, 0) is 9.53 Å². The van der Waals surface area contributed by atoms with Gasteiger partial charge in [-0.2, -0.15) is 4.98 Å². The molecule has 1 aliphatic rings. The summed E-state index contributed by atoms with van der Waals surface area (Å²) < 4.78 is 17.9. The number of ether oxygens (including phenoxy) is 3. The Hall–Kier alpha value is -2.68. The second-order valence-corrected chi connectivity index (χ2v) is 7.47. The van der Waals surface area contributed by atoms with Crippen molar-refractivity contribution in [3.05, 3.63) is 35.0 Å². The number of carbonyl (C=O) groups excluding carboxylic acids is 1. The van der Waals surface area contributed by atoms with Gasteiger partial charge in [0, 0.05) is 11.4 Å². The summed E-state index contributed by atoms with van der Waals surface area (Å²) in [6.45, 7) is 6.03. The van der Waals surface area contributed by atoms with Gasteiger partial charge in [0.05, 0.1) is 26.4 Å². The second-order valence-electron chi connectivity index (χ2n) is 6.41. The third kappa shape index (κ3) is 4.19. The van der Waals surface area contributed by atoms with Crippen molar-refractivity contribution in [2.24, 2.45) is 0 Å². The van der Waals surface area contributed by atoms with Crippen LogP contribution in [-0.4, -0.2) is 47.3 Å². The minimum absolute atomic E-state index is 0.288. The number of thioether (sulfide) groups is 1. The lowest BCUT2D eigenvalue weighted by atomic mass is 9.95. The van der Waals surface area contributed by atoms with Gasteiger partial charge >= 0.3 is 5.97 Å². The van der Waals surface area contributed by atoms with Crippen molar-refractivity contribution in [1.29, 1.82) is 0 Å². The molecular weight excluding hydrogens is 392 g/mol. The maximum atomic E-state index is 12.8. The van der Waals surface area contributed by atoms with Gasteiger partial charge in [0.15, 0.2) is 11.5 Å². The standard InChI is InChI=1S/C20H26N4O4S/c1-6-10-29-20-22-19-21-12(3)16(18(25)28-7-2)17(24(19)23-20)13-8-9-14(26-4)15(11-13)27-5/h8-9,11,17H,6-7,10H2,1-5H3,(H,21,22,23). The highest BCUT2D eigenvalue weighted by Crippen LogP contribution is 2.39. The van der Waals surface area contributed by atoms with Crippen LogP contribution in [0.15, 0.2) is 34.6 Å². The Labute approximate surface area is 174 Å². The molecule has 2 aromatic rings. The average Bonchev–Trinajstić information content (AvgIpc) is 3.12. The number of rotatable bonds is 8. The number of allylic oxidation sites excluding steroid dienone is 1. The van der Waals surface area contributed by atoms with Crippen LogP contribution in [0.1, 0.15) is 38.8 Å². The normalized spacial score (nSPS) is 15.6. The number of anilines is 1. The van der Waals surface area contributed by atoms with E-state index >= 15 is 0 Å². The molecule has 29 heavy (non-hydrogen) atoms. The van der Waals surface area contributed by atoms with Crippen LogP contribution >= 0.6 is 11.8 Å². The Morgan fingerprint density at radius 1 is 1.24 bits per heavy atom. The molecular formula is C20H26N4O4S. The number of nitrogens with zero attached hydrogens (tertiary/aromatic N) is 3. The molecule has 0 saturated carbocycles. The molecule has 1 unspecified atom stereocenters. The summed E-state index contributed by atoms with van der Waals surface area (Å²) >= 11 is 1.58. The summed E-state index contributed by atoms with van der Waals surface area (Å²) in [5.74, 6) is 2.31. The van der Waals surface area contributed by atoms with E-state index in [0.717, 1.165) is 17.7 Å². The van der Waals surface area contributed by atoms with Crippen LogP contribution in [0.3, 0.4) is 0 Å². The molecule has 1 N–H and O–H groups in total. The van der Waals surface area contributed by atoms with E-state index in [4.69, 9.17) is 14.2 Å². The predicted octanol–water partition coefficient (Wildman–Crippen LogP) is 3.65. The van der Waals surface area contributed by atoms with E-state index in [-0.39, 0.29) is 12.6 Å². The van der Waals surface area contributed by atoms with Crippen molar-refractivity contribution in [3.63, 3.8) is 0 Å². The molecule has 8 nitrogen and oxygen atoms in total. The minimum Gasteiger partial charge on any atom is -0.493 e. The summed E-state index contributed by atoms with van der Waals surface area (Å²) in [5.41, 5.74) is 2.00. The van der Waals surface area contributed by atoms with E-state index in [2.05, 4.69) is 22.3 Å². The average molecular weight is 419 g/mol. The van der Waals surface area contributed by atoms with Crippen LogP contribution in [0.25, 0.3) is 0 Å². The van der Waals surface area contributed by atoms with Crippen LogP contribution in [0.4, 0.5) is 5.95 Å². The number of aromatic nitrogens is 3. The molecule has 0 bridgehead atoms. The number of hydrogen-bond donors (Lipinski definition) is 1. The summed E-state index contributed by atoms with van der Waals surface area (Å²) in [5, 5.41) is 8.52. The lowest BCUT2D eigenvalue weighted by Crippen LogP contribution is -2.29. The Bertz CT molecular complexity index is 925. The van der Waals surface area contributed by atoms with Gasteiger partial charge in [0.2, 0.25) is 11.1 Å². The van der Waals surface area contributed by atoms with Gasteiger partial charge in [-0.3, -0.25) is 0 Å². The van der Waals surface area contributed by atoms with E-state index < -0.39 is 6.04 Å². The SMILES string of the molecule is CCCSc1nc2n(n1)C(c1ccc(OC)c(OC)c1)C(C(=O)OCC)=C(C)N2. The number of nitrogens with one attached hydrogen (secondary N) is 1. The molecule has 1 aliphatic heterocycles. The third-order valence-electron chi connectivity index (χ3n) is 4.49. The fourth-order valence-electron chi connectivity index (χ4n) is 3.19. The molecule has 0 spiro atoms. The van der Waals surface area contributed by atoms with Gasteiger partial charge in [0.1, 0.15) is 6.04 Å². The summed E-state index contributed by atoms with van der Waals surface area (Å²) in [7, 11) is 3.17. The molecule has 1 aromatic carbocycles.